The number of nitrogens with two attached hydrogens (primary N) is 1. The third-order valence-corrected chi connectivity index (χ3v) is 2.62. The van der Waals surface area contributed by atoms with Crippen LogP contribution >= 0.6 is 0 Å². The first-order chi connectivity index (χ1) is 6.74. The van der Waals surface area contributed by atoms with E-state index in [4.69, 9.17) is 15.2 Å². The van der Waals surface area contributed by atoms with Crippen molar-refractivity contribution in [1.29, 1.82) is 0 Å². The maximum atomic E-state index is 9.38. The van der Waals surface area contributed by atoms with Gasteiger partial charge in [0, 0.05) is 13.2 Å². The molecule has 0 aromatic heterocycles. The van der Waals surface area contributed by atoms with Crippen molar-refractivity contribution in [3.63, 3.8) is 0 Å². The summed E-state index contributed by atoms with van der Waals surface area (Å²) in [7, 11) is 1.57. The van der Waals surface area contributed by atoms with E-state index in [2.05, 4.69) is 0 Å². The SMILES string of the molecule is COCC(O)COC1CCCCC1N. The van der Waals surface area contributed by atoms with Crippen molar-refractivity contribution in [2.45, 2.75) is 43.9 Å². The zero-order valence-corrected chi connectivity index (χ0v) is 8.82. The van der Waals surface area contributed by atoms with Gasteiger partial charge in [0.1, 0.15) is 6.10 Å². The third kappa shape index (κ3) is 3.92. The average Bonchev–Trinajstić information content (AvgIpc) is 2.17. The highest BCUT2D eigenvalue weighted by Gasteiger charge is 2.22. The van der Waals surface area contributed by atoms with E-state index >= 15 is 0 Å². The van der Waals surface area contributed by atoms with Gasteiger partial charge in [-0.25, -0.2) is 0 Å². The van der Waals surface area contributed by atoms with Gasteiger partial charge in [0.2, 0.25) is 0 Å². The van der Waals surface area contributed by atoms with Crippen LogP contribution < -0.4 is 5.73 Å². The number of hydrogen-bond acceptors (Lipinski definition) is 4. The maximum Gasteiger partial charge on any atom is 0.101 e. The summed E-state index contributed by atoms with van der Waals surface area (Å²) in [6, 6.07) is 0.137. The van der Waals surface area contributed by atoms with Crippen molar-refractivity contribution in [2.24, 2.45) is 5.73 Å². The smallest absolute Gasteiger partial charge is 0.101 e. The van der Waals surface area contributed by atoms with Crippen molar-refractivity contribution in [2.75, 3.05) is 20.3 Å². The average molecular weight is 203 g/mol. The quantitative estimate of drug-likeness (QED) is 0.673. The minimum absolute atomic E-state index is 0.121. The van der Waals surface area contributed by atoms with Gasteiger partial charge < -0.3 is 20.3 Å². The molecule has 0 aromatic carbocycles. The highest BCUT2D eigenvalue weighted by atomic mass is 16.5. The van der Waals surface area contributed by atoms with E-state index in [-0.39, 0.29) is 12.1 Å². The van der Waals surface area contributed by atoms with Crippen LogP contribution in [0.2, 0.25) is 0 Å². The Morgan fingerprint density at radius 1 is 1.36 bits per heavy atom. The lowest BCUT2D eigenvalue weighted by Crippen LogP contribution is -2.41. The molecule has 0 aromatic rings. The zero-order chi connectivity index (χ0) is 10.4. The van der Waals surface area contributed by atoms with E-state index in [1.165, 1.54) is 12.8 Å². The van der Waals surface area contributed by atoms with Gasteiger partial charge in [-0.3, -0.25) is 0 Å². The first-order valence-electron chi connectivity index (χ1n) is 5.28. The van der Waals surface area contributed by atoms with Crippen LogP contribution in [0.3, 0.4) is 0 Å². The van der Waals surface area contributed by atoms with Crippen LogP contribution in [0.15, 0.2) is 0 Å². The summed E-state index contributed by atoms with van der Waals surface area (Å²) in [5, 5.41) is 9.38. The standard InChI is InChI=1S/C10H21NO3/c1-13-6-8(12)7-14-10-5-3-2-4-9(10)11/h8-10,12H,2-7,11H2,1H3. The Kier molecular flexibility index (Phi) is 5.40. The molecule has 1 aliphatic carbocycles. The normalized spacial score (nSPS) is 30.2. The number of rotatable bonds is 5. The number of methoxy groups -OCH3 is 1. The summed E-state index contributed by atoms with van der Waals surface area (Å²) in [6.45, 7) is 0.647. The van der Waals surface area contributed by atoms with Crippen molar-refractivity contribution in [3.8, 4) is 0 Å². The Morgan fingerprint density at radius 2 is 2.07 bits per heavy atom. The largest absolute Gasteiger partial charge is 0.388 e. The van der Waals surface area contributed by atoms with Gasteiger partial charge in [-0.1, -0.05) is 12.8 Å². The molecule has 84 valence electrons. The van der Waals surface area contributed by atoms with E-state index in [1.54, 1.807) is 7.11 Å². The van der Waals surface area contributed by atoms with Gasteiger partial charge in [-0.15, -0.1) is 0 Å². The predicted molar refractivity (Wildman–Crippen MR) is 54.1 cm³/mol. The van der Waals surface area contributed by atoms with Crippen LogP contribution in [0.25, 0.3) is 0 Å². The molecule has 1 saturated carbocycles. The van der Waals surface area contributed by atoms with Gasteiger partial charge in [0.15, 0.2) is 0 Å². The lowest BCUT2D eigenvalue weighted by Gasteiger charge is -2.29. The van der Waals surface area contributed by atoms with E-state index in [0.717, 1.165) is 12.8 Å². The Morgan fingerprint density at radius 3 is 2.71 bits per heavy atom. The van der Waals surface area contributed by atoms with E-state index in [0.29, 0.717) is 13.2 Å². The van der Waals surface area contributed by atoms with Gasteiger partial charge in [-0.2, -0.15) is 0 Å². The minimum Gasteiger partial charge on any atom is -0.388 e. The second-order valence-electron chi connectivity index (χ2n) is 3.93. The van der Waals surface area contributed by atoms with Crippen molar-refractivity contribution < 1.29 is 14.6 Å². The van der Waals surface area contributed by atoms with Gasteiger partial charge in [0.05, 0.1) is 19.3 Å². The fourth-order valence-electron chi connectivity index (χ4n) is 1.81. The molecule has 0 amide bonds. The molecule has 0 radical (unpaired) electrons. The molecule has 1 aliphatic rings. The highest BCUT2D eigenvalue weighted by Crippen LogP contribution is 2.19. The Balaban J connectivity index is 2.15. The zero-order valence-electron chi connectivity index (χ0n) is 8.82. The summed E-state index contributed by atoms with van der Waals surface area (Å²) in [6.07, 6.45) is 4.01. The summed E-state index contributed by atoms with van der Waals surface area (Å²) in [5.41, 5.74) is 5.90. The Labute approximate surface area is 85.4 Å². The lowest BCUT2D eigenvalue weighted by molar-refractivity contribution is -0.0520. The molecular formula is C10H21NO3. The molecular weight excluding hydrogens is 182 g/mol. The summed E-state index contributed by atoms with van der Waals surface area (Å²) in [4.78, 5) is 0. The van der Waals surface area contributed by atoms with E-state index in [1.807, 2.05) is 0 Å². The van der Waals surface area contributed by atoms with Gasteiger partial charge in [0.25, 0.3) is 0 Å². The van der Waals surface area contributed by atoms with Crippen molar-refractivity contribution in [3.05, 3.63) is 0 Å². The highest BCUT2D eigenvalue weighted by molar-refractivity contribution is 4.78. The van der Waals surface area contributed by atoms with E-state index in [9.17, 15) is 5.11 Å². The van der Waals surface area contributed by atoms with Crippen LogP contribution in [0, 0.1) is 0 Å². The molecule has 0 saturated heterocycles. The van der Waals surface area contributed by atoms with Crippen LogP contribution in [-0.2, 0) is 9.47 Å². The van der Waals surface area contributed by atoms with E-state index < -0.39 is 6.10 Å². The minimum atomic E-state index is -0.533. The van der Waals surface area contributed by atoms with Crippen LogP contribution in [0.1, 0.15) is 25.7 Å². The van der Waals surface area contributed by atoms with Crippen LogP contribution in [0.4, 0.5) is 0 Å². The molecule has 3 atom stereocenters. The predicted octanol–water partition coefficient (Wildman–Crippen LogP) is 0.280. The summed E-state index contributed by atoms with van der Waals surface area (Å²) < 4.78 is 10.4. The molecule has 0 aliphatic heterocycles. The second kappa shape index (κ2) is 6.35. The molecule has 1 fully saturated rings. The molecule has 0 bridgehead atoms. The lowest BCUT2D eigenvalue weighted by atomic mass is 9.93. The summed E-state index contributed by atoms with van der Waals surface area (Å²) in [5.74, 6) is 0. The molecule has 3 unspecified atom stereocenters. The van der Waals surface area contributed by atoms with Gasteiger partial charge >= 0.3 is 0 Å². The fourth-order valence-corrected chi connectivity index (χ4v) is 1.81. The summed E-state index contributed by atoms with van der Waals surface area (Å²) >= 11 is 0. The number of aliphatic hydroxyl groups excluding tert-OH is 1. The first-order valence-corrected chi connectivity index (χ1v) is 5.28. The third-order valence-electron chi connectivity index (χ3n) is 2.62. The van der Waals surface area contributed by atoms with Gasteiger partial charge in [-0.05, 0) is 12.8 Å². The molecule has 4 heteroatoms. The topological polar surface area (TPSA) is 64.7 Å². The number of ether oxygens (including phenoxy) is 2. The van der Waals surface area contributed by atoms with Crippen LogP contribution in [0.5, 0.6) is 0 Å². The molecule has 4 nitrogen and oxygen atoms in total. The van der Waals surface area contributed by atoms with Crippen LogP contribution in [-0.4, -0.2) is 43.7 Å². The Hall–Kier alpha value is -0.160. The molecule has 1 rings (SSSR count). The fraction of sp³-hybridized carbons (Fsp3) is 1.00. The maximum absolute atomic E-state index is 9.38. The molecule has 0 heterocycles. The molecule has 14 heavy (non-hydrogen) atoms. The molecule has 3 N–H and O–H groups in total. The number of aliphatic hydroxyl groups is 1. The Bertz CT molecular complexity index is 154. The molecule has 0 spiro atoms. The van der Waals surface area contributed by atoms with Crippen molar-refractivity contribution in [1.82, 2.24) is 0 Å². The second-order valence-corrected chi connectivity index (χ2v) is 3.93. The monoisotopic (exact) mass is 203 g/mol. The first kappa shape index (κ1) is 11.9. The number of hydrogen-bond donors (Lipinski definition) is 2. The van der Waals surface area contributed by atoms with Crippen molar-refractivity contribution >= 4 is 0 Å².